The van der Waals surface area contributed by atoms with Crippen LogP contribution in [0.1, 0.15) is 34.8 Å². The van der Waals surface area contributed by atoms with Crippen LogP contribution in [0.4, 0.5) is 5.69 Å². The van der Waals surface area contributed by atoms with E-state index in [0.29, 0.717) is 28.6 Å². The van der Waals surface area contributed by atoms with Gasteiger partial charge in [-0.25, -0.2) is 0 Å². The Labute approximate surface area is 168 Å². The first-order chi connectivity index (χ1) is 13.6. The number of anilines is 1. The summed E-state index contributed by atoms with van der Waals surface area (Å²) in [6, 6.07) is 13.0. The summed E-state index contributed by atoms with van der Waals surface area (Å²) < 4.78 is 5.49. The summed E-state index contributed by atoms with van der Waals surface area (Å²) in [7, 11) is 0. The van der Waals surface area contributed by atoms with Gasteiger partial charge in [-0.2, -0.15) is 0 Å². The largest absolute Gasteiger partial charge is 0.481 e. The third-order valence-electron chi connectivity index (χ3n) is 5.15. The summed E-state index contributed by atoms with van der Waals surface area (Å²) in [6.45, 7) is 2.39. The number of halogens is 1. The molecule has 1 unspecified atom stereocenters. The van der Waals surface area contributed by atoms with Crippen molar-refractivity contribution in [2.45, 2.75) is 18.9 Å². The average Bonchev–Trinajstić information content (AvgIpc) is 3.22. The maximum absolute atomic E-state index is 12.9. The van der Waals surface area contributed by atoms with Crippen LogP contribution in [0.2, 0.25) is 5.02 Å². The predicted octanol–water partition coefficient (Wildman–Crippen LogP) is 3.24. The van der Waals surface area contributed by atoms with Gasteiger partial charge in [0.15, 0.2) is 12.4 Å². The number of carbonyl (C=O) groups excluding carboxylic acids is 2. The third-order valence-corrected chi connectivity index (χ3v) is 5.39. The third kappa shape index (κ3) is 3.98. The van der Waals surface area contributed by atoms with Crippen LogP contribution < -0.4 is 15.4 Å². The molecule has 1 atom stereocenters. The van der Waals surface area contributed by atoms with E-state index in [1.165, 1.54) is 0 Å². The normalized spacial score (nSPS) is 17.4. The number of nitrogens with zero attached hydrogens (tertiary/aromatic N) is 1. The minimum absolute atomic E-state index is 0.0605. The lowest BCUT2D eigenvalue weighted by Gasteiger charge is -2.28. The van der Waals surface area contributed by atoms with Gasteiger partial charge in [0.2, 0.25) is 0 Å². The number of ether oxygens (including phenoxy) is 1. The molecule has 2 amide bonds. The van der Waals surface area contributed by atoms with Crippen LogP contribution in [0.15, 0.2) is 42.5 Å². The van der Waals surface area contributed by atoms with Gasteiger partial charge in [-0.1, -0.05) is 29.8 Å². The zero-order valence-electron chi connectivity index (χ0n) is 15.4. The highest BCUT2D eigenvalue weighted by Gasteiger charge is 2.26. The molecule has 0 saturated carbocycles. The Morgan fingerprint density at radius 1 is 1.21 bits per heavy atom. The fourth-order valence-corrected chi connectivity index (χ4v) is 4.00. The summed E-state index contributed by atoms with van der Waals surface area (Å²) >= 11 is 6.19. The van der Waals surface area contributed by atoms with Crippen LogP contribution >= 0.6 is 11.6 Å². The van der Waals surface area contributed by atoms with Crippen molar-refractivity contribution in [1.29, 1.82) is 0 Å². The van der Waals surface area contributed by atoms with Crippen molar-refractivity contribution >= 4 is 29.1 Å². The smallest absolute Gasteiger partial charge is 0.262 e. The van der Waals surface area contributed by atoms with Crippen molar-refractivity contribution in [1.82, 2.24) is 10.2 Å². The van der Waals surface area contributed by atoms with E-state index < -0.39 is 0 Å². The fourth-order valence-electron chi connectivity index (χ4n) is 3.80. The minimum Gasteiger partial charge on any atom is -0.481 e. The van der Waals surface area contributed by atoms with Gasteiger partial charge in [-0.05, 0) is 55.8 Å². The molecule has 146 valence electrons. The molecule has 2 aliphatic rings. The highest BCUT2D eigenvalue weighted by molar-refractivity contribution is 6.30. The first-order valence-corrected chi connectivity index (χ1v) is 9.83. The van der Waals surface area contributed by atoms with Crippen LogP contribution in [0.5, 0.6) is 5.75 Å². The van der Waals surface area contributed by atoms with E-state index >= 15 is 0 Å². The number of carbonyl (C=O) groups is 2. The number of amides is 2. The molecular formula is C21H22ClN3O3. The van der Waals surface area contributed by atoms with Crippen LogP contribution in [0, 0.1) is 0 Å². The van der Waals surface area contributed by atoms with E-state index in [9.17, 15) is 9.59 Å². The summed E-state index contributed by atoms with van der Waals surface area (Å²) in [5, 5.41) is 6.46. The van der Waals surface area contributed by atoms with Gasteiger partial charge in [-0.3, -0.25) is 14.5 Å². The number of hydrogen-bond acceptors (Lipinski definition) is 4. The molecule has 0 aromatic heterocycles. The molecule has 2 heterocycles. The second-order valence-corrected chi connectivity index (χ2v) is 7.48. The molecule has 7 heteroatoms. The number of benzene rings is 2. The summed E-state index contributed by atoms with van der Waals surface area (Å²) in [4.78, 5) is 26.7. The molecule has 0 spiro atoms. The zero-order chi connectivity index (χ0) is 19.5. The highest BCUT2D eigenvalue weighted by Crippen LogP contribution is 2.32. The van der Waals surface area contributed by atoms with Crippen molar-refractivity contribution < 1.29 is 14.3 Å². The monoisotopic (exact) mass is 399 g/mol. The molecule has 28 heavy (non-hydrogen) atoms. The van der Waals surface area contributed by atoms with E-state index in [2.05, 4.69) is 15.5 Å². The Hall–Kier alpha value is -2.57. The highest BCUT2D eigenvalue weighted by atomic mass is 35.5. The van der Waals surface area contributed by atoms with E-state index in [0.717, 1.165) is 31.5 Å². The van der Waals surface area contributed by atoms with Gasteiger partial charge >= 0.3 is 0 Å². The Morgan fingerprint density at radius 2 is 2.00 bits per heavy atom. The molecule has 2 aromatic carbocycles. The van der Waals surface area contributed by atoms with Gasteiger partial charge in [0.05, 0.1) is 17.3 Å². The minimum atomic E-state index is -0.223. The number of nitrogens with one attached hydrogen (secondary N) is 2. The van der Waals surface area contributed by atoms with Gasteiger partial charge in [0.1, 0.15) is 0 Å². The molecule has 0 bridgehead atoms. The van der Waals surface area contributed by atoms with Crippen LogP contribution in [0.3, 0.4) is 0 Å². The predicted molar refractivity (Wildman–Crippen MR) is 108 cm³/mol. The van der Waals surface area contributed by atoms with Gasteiger partial charge in [0.25, 0.3) is 11.8 Å². The second kappa shape index (κ2) is 8.20. The number of rotatable bonds is 5. The van der Waals surface area contributed by atoms with Crippen molar-refractivity contribution in [3.63, 3.8) is 0 Å². The number of para-hydroxylation sites is 1. The number of hydrogen-bond donors (Lipinski definition) is 2. The Bertz CT molecular complexity index is 896. The van der Waals surface area contributed by atoms with E-state index in [-0.39, 0.29) is 24.5 Å². The Morgan fingerprint density at radius 3 is 2.79 bits per heavy atom. The maximum atomic E-state index is 12.9. The van der Waals surface area contributed by atoms with Crippen molar-refractivity contribution in [2.75, 3.05) is 31.6 Å². The van der Waals surface area contributed by atoms with E-state index in [1.54, 1.807) is 18.2 Å². The summed E-state index contributed by atoms with van der Waals surface area (Å²) in [5.41, 5.74) is 2.03. The number of fused-ring (bicyclic) bond motifs is 1. The first-order valence-electron chi connectivity index (χ1n) is 9.45. The molecule has 4 rings (SSSR count). The average molecular weight is 400 g/mol. The quantitative estimate of drug-likeness (QED) is 0.809. The fraction of sp³-hybridized carbons (Fsp3) is 0.333. The molecule has 0 aliphatic carbocycles. The molecule has 1 fully saturated rings. The lowest BCUT2D eigenvalue weighted by molar-refractivity contribution is -0.118. The molecule has 2 aliphatic heterocycles. The summed E-state index contributed by atoms with van der Waals surface area (Å²) in [5.74, 6) is -0.0283. The second-order valence-electron chi connectivity index (χ2n) is 7.04. The van der Waals surface area contributed by atoms with Crippen molar-refractivity contribution in [3.8, 4) is 5.75 Å². The number of likely N-dealkylation sites (tertiary alicyclic amines) is 1. The van der Waals surface area contributed by atoms with Crippen LogP contribution in [-0.2, 0) is 4.79 Å². The van der Waals surface area contributed by atoms with Gasteiger partial charge in [0, 0.05) is 11.6 Å². The van der Waals surface area contributed by atoms with Crippen LogP contribution in [-0.4, -0.2) is 43.0 Å². The van der Waals surface area contributed by atoms with Crippen molar-refractivity contribution in [2.24, 2.45) is 0 Å². The van der Waals surface area contributed by atoms with E-state index in [4.69, 9.17) is 16.3 Å². The molecule has 2 N–H and O–H groups in total. The molecular weight excluding hydrogens is 378 g/mol. The SMILES string of the molecule is O=C1COc2c(cccc2C(=O)NCC(c2cccc(Cl)c2)N2CCCC2)N1. The standard InChI is InChI=1S/C21H22ClN3O3/c22-15-6-3-5-14(11-15)18(25-9-1-2-10-25)12-23-21(27)16-7-4-8-17-20(16)28-13-19(26)24-17/h3-8,11,18H,1-2,9-10,12-13H2,(H,23,27)(H,24,26). The molecule has 1 saturated heterocycles. The molecule has 0 radical (unpaired) electrons. The zero-order valence-corrected chi connectivity index (χ0v) is 16.2. The van der Waals surface area contributed by atoms with Crippen LogP contribution in [0.25, 0.3) is 0 Å². The Balaban J connectivity index is 1.52. The Kier molecular flexibility index (Phi) is 5.50. The first kappa shape index (κ1) is 18.8. The lowest BCUT2D eigenvalue weighted by Crippen LogP contribution is -2.37. The van der Waals surface area contributed by atoms with Crippen molar-refractivity contribution in [3.05, 3.63) is 58.6 Å². The molecule has 2 aromatic rings. The maximum Gasteiger partial charge on any atom is 0.262 e. The van der Waals surface area contributed by atoms with E-state index in [1.807, 2.05) is 24.3 Å². The molecule has 6 nitrogen and oxygen atoms in total. The lowest BCUT2D eigenvalue weighted by atomic mass is 10.0. The summed E-state index contributed by atoms with van der Waals surface area (Å²) in [6.07, 6.45) is 2.31. The van der Waals surface area contributed by atoms with Gasteiger partial charge < -0.3 is 15.4 Å². The van der Waals surface area contributed by atoms with Gasteiger partial charge in [-0.15, -0.1) is 0 Å². The topological polar surface area (TPSA) is 70.7 Å².